The van der Waals surface area contributed by atoms with Gasteiger partial charge in [0.1, 0.15) is 19.2 Å². The second-order valence-electron chi connectivity index (χ2n) is 5.25. The van der Waals surface area contributed by atoms with Crippen LogP contribution < -0.4 is 5.32 Å². The van der Waals surface area contributed by atoms with Crippen molar-refractivity contribution < 1.29 is 4.79 Å². The molecule has 0 aliphatic carbocycles. The van der Waals surface area contributed by atoms with Gasteiger partial charge in [-0.25, -0.2) is 9.67 Å². The molecule has 3 rings (SSSR count). The summed E-state index contributed by atoms with van der Waals surface area (Å²) in [7, 11) is 0. The van der Waals surface area contributed by atoms with Gasteiger partial charge in [-0.1, -0.05) is 6.07 Å². The van der Waals surface area contributed by atoms with Gasteiger partial charge < -0.3 is 5.32 Å². The van der Waals surface area contributed by atoms with E-state index >= 15 is 0 Å². The van der Waals surface area contributed by atoms with E-state index in [2.05, 4.69) is 31.8 Å². The Morgan fingerprint density at radius 3 is 3.04 bits per heavy atom. The second-order valence-corrected chi connectivity index (χ2v) is 6.03. The van der Waals surface area contributed by atoms with E-state index in [1.807, 2.05) is 24.4 Å². The fourth-order valence-corrected chi connectivity index (χ4v) is 3.11. The van der Waals surface area contributed by atoms with Crippen LogP contribution in [0.2, 0.25) is 0 Å². The van der Waals surface area contributed by atoms with Crippen LogP contribution >= 0.6 is 11.3 Å². The highest BCUT2D eigenvalue weighted by Crippen LogP contribution is 2.21. The Morgan fingerprint density at radius 1 is 1.43 bits per heavy atom. The number of pyridine rings is 1. The fraction of sp³-hybridized carbons (Fsp3) is 0.250. The van der Waals surface area contributed by atoms with Crippen LogP contribution in [0, 0.1) is 6.92 Å². The number of hydrogen-bond acceptors (Lipinski definition) is 5. The van der Waals surface area contributed by atoms with Crippen molar-refractivity contribution in [3.63, 3.8) is 0 Å². The van der Waals surface area contributed by atoms with E-state index in [4.69, 9.17) is 0 Å². The molecule has 0 unspecified atom stereocenters. The monoisotopic (exact) mass is 327 g/mol. The average Bonchev–Trinajstić information content (AvgIpc) is 3.21. The summed E-state index contributed by atoms with van der Waals surface area (Å²) in [4.78, 5) is 20.6. The number of amides is 1. The van der Waals surface area contributed by atoms with Crippen LogP contribution in [0.4, 0.5) is 0 Å². The predicted octanol–water partition coefficient (Wildman–Crippen LogP) is 2.14. The van der Waals surface area contributed by atoms with Crippen LogP contribution in [-0.2, 0) is 17.8 Å². The third-order valence-electron chi connectivity index (χ3n) is 3.51. The summed E-state index contributed by atoms with van der Waals surface area (Å²) in [6, 6.07) is 5.81. The lowest BCUT2D eigenvalue weighted by Gasteiger charge is -2.19. The summed E-state index contributed by atoms with van der Waals surface area (Å²) in [5.41, 5.74) is 3.14. The number of hydrogen-bond donors (Lipinski definition) is 1. The first-order valence-corrected chi connectivity index (χ1v) is 8.21. The molecule has 0 saturated carbocycles. The van der Waals surface area contributed by atoms with Crippen LogP contribution in [0.15, 0.2) is 47.8 Å². The number of nitrogens with one attached hydrogen (secondary N) is 1. The molecule has 0 radical (unpaired) electrons. The van der Waals surface area contributed by atoms with Gasteiger partial charge in [0.15, 0.2) is 0 Å². The van der Waals surface area contributed by atoms with E-state index < -0.39 is 0 Å². The molecule has 118 valence electrons. The zero-order valence-electron chi connectivity index (χ0n) is 12.7. The summed E-state index contributed by atoms with van der Waals surface area (Å²) in [5, 5.41) is 11.2. The molecule has 3 aromatic rings. The topological polar surface area (TPSA) is 72.7 Å². The van der Waals surface area contributed by atoms with Crippen LogP contribution in [0.25, 0.3) is 0 Å². The molecule has 0 spiro atoms. The first-order chi connectivity index (χ1) is 11.2. The Labute approximate surface area is 138 Å². The maximum Gasteiger partial charge on any atom is 0.242 e. The molecule has 0 aliphatic rings. The lowest BCUT2D eigenvalue weighted by Crippen LogP contribution is -2.33. The smallest absolute Gasteiger partial charge is 0.242 e. The third kappa shape index (κ3) is 4.01. The van der Waals surface area contributed by atoms with Gasteiger partial charge in [-0.2, -0.15) is 16.4 Å². The minimum atomic E-state index is -0.165. The Balaban J connectivity index is 1.77. The van der Waals surface area contributed by atoms with Crippen molar-refractivity contribution in [2.24, 2.45) is 0 Å². The molecular formula is C16H17N5OS. The summed E-state index contributed by atoms with van der Waals surface area (Å²) < 4.78 is 1.50. The second kappa shape index (κ2) is 7.15. The molecule has 1 N–H and O–H groups in total. The largest absolute Gasteiger partial charge is 0.346 e. The van der Waals surface area contributed by atoms with Crippen LogP contribution in [0.5, 0.6) is 0 Å². The molecular weight excluding hydrogens is 310 g/mol. The molecule has 1 atom stereocenters. The quantitative estimate of drug-likeness (QED) is 0.753. The first kappa shape index (κ1) is 15.4. The van der Waals surface area contributed by atoms with Crippen molar-refractivity contribution >= 4 is 17.2 Å². The Morgan fingerprint density at radius 2 is 2.35 bits per heavy atom. The summed E-state index contributed by atoms with van der Waals surface area (Å²) >= 11 is 1.65. The van der Waals surface area contributed by atoms with Gasteiger partial charge in [-0.15, -0.1) is 0 Å². The normalized spacial score (nSPS) is 12.0. The van der Waals surface area contributed by atoms with Gasteiger partial charge in [0, 0.05) is 6.20 Å². The Bertz CT molecular complexity index is 755. The lowest BCUT2D eigenvalue weighted by atomic mass is 10.0. The minimum absolute atomic E-state index is 0.110. The van der Waals surface area contributed by atoms with E-state index in [9.17, 15) is 4.79 Å². The zero-order valence-corrected chi connectivity index (χ0v) is 13.5. The van der Waals surface area contributed by atoms with Gasteiger partial charge in [0.25, 0.3) is 0 Å². The standard InChI is InChI=1S/C16H17N5OS/c1-12-3-2-5-18-16(12)14(7-13-4-6-23-9-13)20-15(22)8-21-11-17-10-19-21/h2-6,9-11,14H,7-8H2,1H3,(H,20,22)/t14-/m1/s1. The minimum Gasteiger partial charge on any atom is -0.346 e. The Kier molecular flexibility index (Phi) is 4.77. The molecule has 0 aliphatic heterocycles. The van der Waals surface area contributed by atoms with Crippen molar-refractivity contribution in [3.8, 4) is 0 Å². The lowest BCUT2D eigenvalue weighted by molar-refractivity contribution is -0.122. The van der Waals surface area contributed by atoms with Gasteiger partial charge in [-0.3, -0.25) is 9.78 Å². The van der Waals surface area contributed by atoms with Crippen molar-refractivity contribution in [2.45, 2.75) is 25.9 Å². The van der Waals surface area contributed by atoms with Gasteiger partial charge >= 0.3 is 0 Å². The molecule has 0 aromatic carbocycles. The number of nitrogens with zero attached hydrogens (tertiary/aromatic N) is 4. The van der Waals surface area contributed by atoms with E-state index in [-0.39, 0.29) is 18.5 Å². The van der Waals surface area contributed by atoms with Crippen molar-refractivity contribution in [2.75, 3.05) is 0 Å². The SMILES string of the molecule is Cc1cccnc1[C@@H](Cc1ccsc1)NC(=O)Cn1cncn1. The van der Waals surface area contributed by atoms with Crippen LogP contribution in [0.1, 0.15) is 22.9 Å². The fourth-order valence-electron chi connectivity index (χ4n) is 2.42. The molecule has 3 heterocycles. The highest BCUT2D eigenvalue weighted by molar-refractivity contribution is 7.07. The number of aryl methyl sites for hydroxylation is 1. The summed E-state index contributed by atoms with van der Waals surface area (Å²) in [5.74, 6) is -0.110. The van der Waals surface area contributed by atoms with Gasteiger partial charge in [0.2, 0.25) is 5.91 Å². The molecule has 0 saturated heterocycles. The van der Waals surface area contributed by atoms with Crippen LogP contribution in [0.3, 0.4) is 0 Å². The highest BCUT2D eigenvalue weighted by Gasteiger charge is 2.19. The Hall–Kier alpha value is -2.54. The molecule has 0 bridgehead atoms. The van der Waals surface area contributed by atoms with E-state index in [0.717, 1.165) is 11.3 Å². The summed E-state index contributed by atoms with van der Waals surface area (Å²) in [6.07, 6.45) is 5.41. The number of thiophene rings is 1. The summed E-state index contributed by atoms with van der Waals surface area (Å²) in [6.45, 7) is 2.15. The maximum absolute atomic E-state index is 12.3. The number of aromatic nitrogens is 4. The molecule has 6 nitrogen and oxygen atoms in total. The molecule has 3 aromatic heterocycles. The van der Waals surface area contributed by atoms with E-state index in [0.29, 0.717) is 6.42 Å². The molecule has 23 heavy (non-hydrogen) atoms. The van der Waals surface area contributed by atoms with Crippen molar-refractivity contribution in [1.82, 2.24) is 25.1 Å². The predicted molar refractivity (Wildman–Crippen MR) is 87.9 cm³/mol. The van der Waals surface area contributed by atoms with Gasteiger partial charge in [0.05, 0.1) is 11.7 Å². The maximum atomic E-state index is 12.3. The zero-order chi connectivity index (χ0) is 16.1. The highest BCUT2D eigenvalue weighted by atomic mass is 32.1. The average molecular weight is 327 g/mol. The van der Waals surface area contributed by atoms with Gasteiger partial charge in [-0.05, 0) is 47.4 Å². The molecule has 1 amide bonds. The third-order valence-corrected chi connectivity index (χ3v) is 4.24. The van der Waals surface area contributed by atoms with E-state index in [1.165, 1.54) is 22.9 Å². The first-order valence-electron chi connectivity index (χ1n) is 7.27. The number of carbonyl (C=O) groups excluding carboxylic acids is 1. The number of carbonyl (C=O) groups is 1. The molecule has 7 heteroatoms. The van der Waals surface area contributed by atoms with Crippen molar-refractivity contribution in [3.05, 3.63) is 64.6 Å². The van der Waals surface area contributed by atoms with Crippen LogP contribution in [-0.4, -0.2) is 25.7 Å². The molecule has 0 fully saturated rings. The van der Waals surface area contributed by atoms with E-state index in [1.54, 1.807) is 17.5 Å². The van der Waals surface area contributed by atoms with Crippen molar-refractivity contribution in [1.29, 1.82) is 0 Å². The number of rotatable bonds is 6.